The molecule has 0 aliphatic heterocycles. The highest BCUT2D eigenvalue weighted by atomic mass is 16.5. The lowest BCUT2D eigenvalue weighted by atomic mass is 10.0. The zero-order valence-corrected chi connectivity index (χ0v) is 11.8. The third kappa shape index (κ3) is 3.50. The second-order valence-electron chi connectivity index (χ2n) is 4.87. The predicted molar refractivity (Wildman–Crippen MR) is 81.1 cm³/mol. The first-order chi connectivity index (χ1) is 9.20. The minimum absolute atomic E-state index is 0.489. The molecule has 2 aromatic rings. The maximum absolute atomic E-state index is 5.22. The van der Waals surface area contributed by atoms with Crippen molar-refractivity contribution in [3.05, 3.63) is 59.7 Å². The van der Waals surface area contributed by atoms with Gasteiger partial charge in [-0.2, -0.15) is 0 Å². The summed E-state index contributed by atoms with van der Waals surface area (Å²) in [5.41, 5.74) is 3.74. The first kappa shape index (κ1) is 13.5. The first-order valence-electron chi connectivity index (χ1n) is 6.64. The molecule has 0 aliphatic carbocycles. The Morgan fingerprint density at radius 1 is 1.11 bits per heavy atom. The third-order valence-corrected chi connectivity index (χ3v) is 3.40. The van der Waals surface area contributed by atoms with Gasteiger partial charge in [0, 0.05) is 12.2 Å². The van der Waals surface area contributed by atoms with Gasteiger partial charge in [-0.1, -0.05) is 37.3 Å². The minimum Gasteiger partial charge on any atom is -0.497 e. The van der Waals surface area contributed by atoms with Crippen LogP contribution in [-0.4, -0.2) is 13.7 Å². The zero-order valence-electron chi connectivity index (χ0n) is 11.8. The number of methoxy groups -OCH3 is 1. The summed E-state index contributed by atoms with van der Waals surface area (Å²) in [6, 6.07) is 16.7. The number of ether oxygens (including phenoxy) is 1. The van der Waals surface area contributed by atoms with Crippen LogP contribution in [0.2, 0.25) is 0 Å². The molecule has 0 fully saturated rings. The average molecular weight is 255 g/mol. The summed E-state index contributed by atoms with van der Waals surface area (Å²) in [4.78, 5) is 0. The fourth-order valence-corrected chi connectivity index (χ4v) is 2.12. The van der Waals surface area contributed by atoms with Gasteiger partial charge in [0.25, 0.3) is 0 Å². The smallest absolute Gasteiger partial charge is 0.119 e. The topological polar surface area (TPSA) is 21.3 Å². The van der Waals surface area contributed by atoms with Crippen molar-refractivity contribution in [1.82, 2.24) is 0 Å². The standard InChI is InChI=1S/C17H21NO/c1-13-11-16(19-3)9-10-17(13)18-12-14(2)15-7-5-4-6-8-15/h4-11,14,18H,12H2,1-3H3. The summed E-state index contributed by atoms with van der Waals surface area (Å²) in [7, 11) is 1.69. The second kappa shape index (κ2) is 6.28. The summed E-state index contributed by atoms with van der Waals surface area (Å²) in [6.07, 6.45) is 0. The molecule has 1 unspecified atom stereocenters. The molecule has 2 rings (SSSR count). The van der Waals surface area contributed by atoms with E-state index in [1.165, 1.54) is 16.8 Å². The van der Waals surface area contributed by atoms with E-state index in [-0.39, 0.29) is 0 Å². The van der Waals surface area contributed by atoms with Gasteiger partial charge in [0.15, 0.2) is 0 Å². The van der Waals surface area contributed by atoms with Crippen LogP contribution in [0.15, 0.2) is 48.5 Å². The Morgan fingerprint density at radius 2 is 1.84 bits per heavy atom. The van der Waals surface area contributed by atoms with Crippen LogP contribution < -0.4 is 10.1 Å². The first-order valence-corrected chi connectivity index (χ1v) is 6.64. The normalized spacial score (nSPS) is 11.9. The van der Waals surface area contributed by atoms with E-state index in [2.05, 4.69) is 61.6 Å². The van der Waals surface area contributed by atoms with Gasteiger partial charge in [-0.05, 0) is 42.2 Å². The molecule has 0 spiro atoms. The molecule has 100 valence electrons. The lowest BCUT2D eigenvalue weighted by Gasteiger charge is -2.16. The van der Waals surface area contributed by atoms with Gasteiger partial charge in [-0.3, -0.25) is 0 Å². The molecular weight excluding hydrogens is 234 g/mol. The molecule has 0 aliphatic rings. The molecular formula is C17H21NO. The molecule has 2 nitrogen and oxygen atoms in total. The molecule has 2 aromatic carbocycles. The van der Waals surface area contributed by atoms with Crippen LogP contribution in [0.1, 0.15) is 24.0 Å². The Labute approximate surface area is 115 Å². The second-order valence-corrected chi connectivity index (χ2v) is 4.87. The van der Waals surface area contributed by atoms with E-state index in [0.29, 0.717) is 5.92 Å². The minimum atomic E-state index is 0.489. The summed E-state index contributed by atoms with van der Waals surface area (Å²) in [6.45, 7) is 5.26. The van der Waals surface area contributed by atoms with E-state index in [0.717, 1.165) is 12.3 Å². The zero-order chi connectivity index (χ0) is 13.7. The lowest BCUT2D eigenvalue weighted by molar-refractivity contribution is 0.414. The molecule has 19 heavy (non-hydrogen) atoms. The van der Waals surface area contributed by atoms with Crippen molar-refractivity contribution >= 4 is 5.69 Å². The number of anilines is 1. The van der Waals surface area contributed by atoms with Gasteiger partial charge in [-0.25, -0.2) is 0 Å². The van der Waals surface area contributed by atoms with Crippen LogP contribution in [0.25, 0.3) is 0 Å². The van der Waals surface area contributed by atoms with Crippen LogP contribution >= 0.6 is 0 Å². The third-order valence-electron chi connectivity index (χ3n) is 3.40. The van der Waals surface area contributed by atoms with E-state index >= 15 is 0 Å². The fourth-order valence-electron chi connectivity index (χ4n) is 2.12. The Hall–Kier alpha value is -1.96. The molecule has 0 saturated carbocycles. The summed E-state index contributed by atoms with van der Waals surface area (Å²) in [5, 5.41) is 3.51. The monoisotopic (exact) mass is 255 g/mol. The van der Waals surface area contributed by atoms with Crippen LogP contribution in [0.4, 0.5) is 5.69 Å². The highest BCUT2D eigenvalue weighted by Crippen LogP contribution is 2.22. The molecule has 0 heterocycles. The molecule has 0 bridgehead atoms. The van der Waals surface area contributed by atoms with Crippen LogP contribution in [-0.2, 0) is 0 Å². The van der Waals surface area contributed by atoms with Crippen molar-refractivity contribution < 1.29 is 4.74 Å². The van der Waals surface area contributed by atoms with Gasteiger partial charge in [-0.15, -0.1) is 0 Å². The van der Waals surface area contributed by atoms with Gasteiger partial charge >= 0.3 is 0 Å². The lowest BCUT2D eigenvalue weighted by Crippen LogP contribution is -2.10. The van der Waals surface area contributed by atoms with E-state index in [1.807, 2.05) is 6.07 Å². The molecule has 0 radical (unpaired) electrons. The van der Waals surface area contributed by atoms with Gasteiger partial charge < -0.3 is 10.1 Å². The van der Waals surface area contributed by atoms with Crippen molar-refractivity contribution in [1.29, 1.82) is 0 Å². The maximum atomic E-state index is 5.22. The van der Waals surface area contributed by atoms with Crippen molar-refractivity contribution in [2.45, 2.75) is 19.8 Å². The van der Waals surface area contributed by atoms with E-state index < -0.39 is 0 Å². The van der Waals surface area contributed by atoms with Gasteiger partial charge in [0.05, 0.1) is 7.11 Å². The quantitative estimate of drug-likeness (QED) is 0.863. The van der Waals surface area contributed by atoms with Crippen molar-refractivity contribution in [2.24, 2.45) is 0 Å². The van der Waals surface area contributed by atoms with E-state index in [9.17, 15) is 0 Å². The molecule has 1 N–H and O–H groups in total. The largest absolute Gasteiger partial charge is 0.497 e. The number of hydrogen-bond acceptors (Lipinski definition) is 2. The average Bonchev–Trinajstić information content (AvgIpc) is 2.46. The van der Waals surface area contributed by atoms with Crippen molar-refractivity contribution in [3.63, 3.8) is 0 Å². The number of rotatable bonds is 5. The SMILES string of the molecule is COc1ccc(NCC(C)c2ccccc2)c(C)c1. The Bertz CT molecular complexity index is 522. The van der Waals surface area contributed by atoms with Gasteiger partial charge in [0.1, 0.15) is 5.75 Å². The van der Waals surface area contributed by atoms with Crippen LogP contribution in [0, 0.1) is 6.92 Å². The maximum Gasteiger partial charge on any atom is 0.119 e. The summed E-state index contributed by atoms with van der Waals surface area (Å²) in [5.74, 6) is 1.39. The molecule has 0 amide bonds. The Morgan fingerprint density at radius 3 is 2.47 bits per heavy atom. The molecule has 0 aromatic heterocycles. The van der Waals surface area contributed by atoms with Crippen LogP contribution in [0.5, 0.6) is 5.75 Å². The predicted octanol–water partition coefficient (Wildman–Crippen LogP) is 4.22. The fraction of sp³-hybridized carbons (Fsp3) is 0.294. The summed E-state index contributed by atoms with van der Waals surface area (Å²) < 4.78 is 5.22. The Balaban J connectivity index is 1.99. The number of nitrogens with one attached hydrogen (secondary N) is 1. The summed E-state index contributed by atoms with van der Waals surface area (Å²) >= 11 is 0. The van der Waals surface area contributed by atoms with Crippen molar-refractivity contribution in [2.75, 3.05) is 19.0 Å². The number of aryl methyl sites for hydroxylation is 1. The molecule has 1 atom stereocenters. The molecule has 2 heteroatoms. The molecule has 0 saturated heterocycles. The van der Waals surface area contributed by atoms with Gasteiger partial charge in [0.2, 0.25) is 0 Å². The number of hydrogen-bond donors (Lipinski definition) is 1. The van der Waals surface area contributed by atoms with Crippen molar-refractivity contribution in [3.8, 4) is 5.75 Å². The Kier molecular flexibility index (Phi) is 4.45. The highest BCUT2D eigenvalue weighted by molar-refractivity contribution is 5.53. The van der Waals surface area contributed by atoms with E-state index in [4.69, 9.17) is 4.74 Å². The highest BCUT2D eigenvalue weighted by Gasteiger charge is 2.06. The number of benzene rings is 2. The van der Waals surface area contributed by atoms with E-state index in [1.54, 1.807) is 7.11 Å². The van der Waals surface area contributed by atoms with Crippen LogP contribution in [0.3, 0.4) is 0 Å².